The standard InChI is InChI=1S/C17H18N2O4/c1-11-15(12-5-3-2-4-6-12)23-14(18-11)8-7-13(20)19-17(9-10-17)16(21)22/h2-6H,7-10H2,1H3,(H,19,20)(H,21,22). The Morgan fingerprint density at radius 1 is 1.30 bits per heavy atom. The van der Waals surface area contributed by atoms with Gasteiger partial charge in [-0.25, -0.2) is 9.78 Å². The first-order chi connectivity index (χ1) is 11.0. The van der Waals surface area contributed by atoms with Crippen LogP contribution < -0.4 is 5.32 Å². The molecular formula is C17H18N2O4. The van der Waals surface area contributed by atoms with Gasteiger partial charge in [0.15, 0.2) is 11.7 Å². The Morgan fingerprint density at radius 3 is 2.61 bits per heavy atom. The van der Waals surface area contributed by atoms with Crippen LogP contribution in [0.25, 0.3) is 11.3 Å². The Hall–Kier alpha value is -2.63. The minimum absolute atomic E-state index is 0.156. The number of carbonyl (C=O) groups excluding carboxylic acids is 1. The van der Waals surface area contributed by atoms with E-state index in [-0.39, 0.29) is 12.3 Å². The molecule has 0 atom stereocenters. The largest absolute Gasteiger partial charge is 0.480 e. The van der Waals surface area contributed by atoms with Crippen molar-refractivity contribution in [2.45, 2.75) is 38.1 Å². The quantitative estimate of drug-likeness (QED) is 0.853. The molecule has 1 aliphatic carbocycles. The van der Waals surface area contributed by atoms with Crippen molar-refractivity contribution in [3.8, 4) is 11.3 Å². The molecule has 0 bridgehead atoms. The molecule has 6 nitrogen and oxygen atoms in total. The van der Waals surface area contributed by atoms with Crippen molar-refractivity contribution in [3.05, 3.63) is 41.9 Å². The second-order valence-corrected chi connectivity index (χ2v) is 5.82. The molecule has 2 aromatic rings. The molecular weight excluding hydrogens is 296 g/mol. The number of rotatable bonds is 6. The third-order valence-corrected chi connectivity index (χ3v) is 3.98. The van der Waals surface area contributed by atoms with E-state index in [0.717, 1.165) is 11.3 Å². The first kappa shape index (κ1) is 15.3. The van der Waals surface area contributed by atoms with Crippen LogP contribution in [-0.2, 0) is 16.0 Å². The number of benzene rings is 1. The zero-order chi connectivity index (χ0) is 16.4. The number of hydrogen-bond acceptors (Lipinski definition) is 4. The number of aliphatic carboxylic acids is 1. The van der Waals surface area contributed by atoms with E-state index in [1.807, 2.05) is 37.3 Å². The van der Waals surface area contributed by atoms with Crippen LogP contribution in [0.1, 0.15) is 30.8 Å². The van der Waals surface area contributed by atoms with Crippen molar-refractivity contribution < 1.29 is 19.1 Å². The number of nitrogens with zero attached hydrogens (tertiary/aromatic N) is 1. The number of aryl methyl sites for hydroxylation is 2. The molecule has 6 heteroatoms. The third-order valence-electron chi connectivity index (χ3n) is 3.98. The van der Waals surface area contributed by atoms with Crippen molar-refractivity contribution in [3.63, 3.8) is 0 Å². The molecule has 3 rings (SSSR count). The molecule has 23 heavy (non-hydrogen) atoms. The number of carbonyl (C=O) groups is 2. The Morgan fingerprint density at radius 2 is 2.00 bits per heavy atom. The second-order valence-electron chi connectivity index (χ2n) is 5.82. The maximum Gasteiger partial charge on any atom is 0.329 e. The SMILES string of the molecule is Cc1nc(CCC(=O)NC2(C(=O)O)CC2)oc1-c1ccccc1. The summed E-state index contributed by atoms with van der Waals surface area (Å²) in [5.41, 5.74) is 0.672. The Kier molecular flexibility index (Phi) is 3.90. The summed E-state index contributed by atoms with van der Waals surface area (Å²) in [7, 11) is 0. The molecule has 1 amide bonds. The van der Waals surface area contributed by atoms with Gasteiger partial charge in [0, 0.05) is 18.4 Å². The molecule has 1 aromatic heterocycles. The van der Waals surface area contributed by atoms with Crippen LogP contribution in [0.15, 0.2) is 34.7 Å². The third kappa shape index (κ3) is 3.26. The van der Waals surface area contributed by atoms with E-state index in [4.69, 9.17) is 9.52 Å². The van der Waals surface area contributed by atoms with Crippen molar-refractivity contribution in [2.24, 2.45) is 0 Å². The number of hydrogen-bond donors (Lipinski definition) is 2. The van der Waals surface area contributed by atoms with Gasteiger partial charge in [-0.2, -0.15) is 0 Å². The fourth-order valence-corrected chi connectivity index (χ4v) is 2.48. The summed E-state index contributed by atoms with van der Waals surface area (Å²) < 4.78 is 5.74. The molecule has 0 aliphatic heterocycles. The van der Waals surface area contributed by atoms with E-state index < -0.39 is 11.5 Å². The summed E-state index contributed by atoms with van der Waals surface area (Å²) >= 11 is 0. The molecule has 1 fully saturated rings. The summed E-state index contributed by atoms with van der Waals surface area (Å²) in [5, 5.41) is 11.6. The van der Waals surface area contributed by atoms with Gasteiger partial charge in [-0.05, 0) is 19.8 Å². The van der Waals surface area contributed by atoms with Crippen LogP contribution in [0, 0.1) is 6.92 Å². The first-order valence-corrected chi connectivity index (χ1v) is 7.56. The van der Waals surface area contributed by atoms with Gasteiger partial charge in [0.25, 0.3) is 0 Å². The van der Waals surface area contributed by atoms with E-state index in [1.165, 1.54) is 0 Å². The van der Waals surface area contributed by atoms with E-state index in [0.29, 0.717) is 30.9 Å². The number of oxazole rings is 1. The van der Waals surface area contributed by atoms with Crippen molar-refractivity contribution >= 4 is 11.9 Å². The van der Waals surface area contributed by atoms with Crippen LogP contribution in [-0.4, -0.2) is 27.5 Å². The lowest BCUT2D eigenvalue weighted by atomic mass is 10.1. The molecule has 120 valence electrons. The highest BCUT2D eigenvalue weighted by Gasteiger charge is 2.51. The van der Waals surface area contributed by atoms with E-state index in [2.05, 4.69) is 10.3 Å². The maximum atomic E-state index is 11.9. The molecule has 0 saturated heterocycles. The normalized spacial score (nSPS) is 15.2. The van der Waals surface area contributed by atoms with Crippen LogP contribution in [0.3, 0.4) is 0 Å². The predicted octanol–water partition coefficient (Wildman–Crippen LogP) is 2.32. The Labute approximate surface area is 133 Å². The molecule has 0 radical (unpaired) electrons. The number of carboxylic acid groups (broad SMARTS) is 1. The monoisotopic (exact) mass is 314 g/mol. The van der Waals surface area contributed by atoms with Gasteiger partial charge in [0.1, 0.15) is 5.54 Å². The Bertz CT molecular complexity index is 732. The number of nitrogens with one attached hydrogen (secondary N) is 1. The van der Waals surface area contributed by atoms with Gasteiger partial charge >= 0.3 is 5.97 Å². The van der Waals surface area contributed by atoms with Crippen molar-refractivity contribution in [2.75, 3.05) is 0 Å². The second kappa shape index (κ2) is 5.87. The Balaban J connectivity index is 1.61. The van der Waals surface area contributed by atoms with Gasteiger partial charge in [0.2, 0.25) is 5.91 Å². The summed E-state index contributed by atoms with van der Waals surface area (Å²) in [5.74, 6) is -0.0759. The topological polar surface area (TPSA) is 92.4 Å². The van der Waals surface area contributed by atoms with Gasteiger partial charge < -0.3 is 14.8 Å². The highest BCUT2D eigenvalue weighted by atomic mass is 16.4. The molecule has 0 unspecified atom stereocenters. The van der Waals surface area contributed by atoms with Crippen LogP contribution >= 0.6 is 0 Å². The number of aromatic nitrogens is 1. The zero-order valence-electron chi connectivity index (χ0n) is 12.8. The summed E-state index contributed by atoms with van der Waals surface area (Å²) in [4.78, 5) is 27.3. The average molecular weight is 314 g/mol. The average Bonchev–Trinajstić information content (AvgIpc) is 3.22. The minimum Gasteiger partial charge on any atom is -0.480 e. The molecule has 1 heterocycles. The first-order valence-electron chi connectivity index (χ1n) is 7.56. The fourth-order valence-electron chi connectivity index (χ4n) is 2.48. The lowest BCUT2D eigenvalue weighted by Crippen LogP contribution is -2.43. The molecule has 1 aliphatic rings. The highest BCUT2D eigenvalue weighted by molar-refractivity contribution is 5.89. The summed E-state index contributed by atoms with van der Waals surface area (Å²) in [6.45, 7) is 1.86. The van der Waals surface area contributed by atoms with Crippen LogP contribution in [0.2, 0.25) is 0 Å². The van der Waals surface area contributed by atoms with Crippen LogP contribution in [0.5, 0.6) is 0 Å². The number of carboxylic acids is 1. The predicted molar refractivity (Wildman–Crippen MR) is 82.7 cm³/mol. The van der Waals surface area contributed by atoms with Gasteiger partial charge in [-0.1, -0.05) is 30.3 Å². The van der Waals surface area contributed by atoms with Crippen molar-refractivity contribution in [1.82, 2.24) is 10.3 Å². The molecule has 2 N–H and O–H groups in total. The zero-order valence-corrected chi connectivity index (χ0v) is 12.8. The van der Waals surface area contributed by atoms with Gasteiger partial charge in [-0.3, -0.25) is 4.79 Å². The smallest absolute Gasteiger partial charge is 0.329 e. The van der Waals surface area contributed by atoms with E-state index in [1.54, 1.807) is 0 Å². The summed E-state index contributed by atoms with van der Waals surface area (Å²) in [6, 6.07) is 9.65. The molecule has 0 spiro atoms. The summed E-state index contributed by atoms with van der Waals surface area (Å²) in [6.07, 6.45) is 1.48. The molecule has 1 aromatic carbocycles. The van der Waals surface area contributed by atoms with E-state index >= 15 is 0 Å². The van der Waals surface area contributed by atoms with Crippen molar-refractivity contribution in [1.29, 1.82) is 0 Å². The lowest BCUT2D eigenvalue weighted by Gasteiger charge is -2.11. The minimum atomic E-state index is -1.04. The maximum absolute atomic E-state index is 11.9. The van der Waals surface area contributed by atoms with Gasteiger partial charge in [-0.15, -0.1) is 0 Å². The lowest BCUT2D eigenvalue weighted by molar-refractivity contribution is -0.143. The van der Waals surface area contributed by atoms with Gasteiger partial charge in [0.05, 0.1) is 5.69 Å². The molecule has 1 saturated carbocycles. The number of amides is 1. The van der Waals surface area contributed by atoms with Crippen LogP contribution in [0.4, 0.5) is 0 Å². The van der Waals surface area contributed by atoms with E-state index in [9.17, 15) is 9.59 Å². The highest BCUT2D eigenvalue weighted by Crippen LogP contribution is 2.35. The fraction of sp³-hybridized carbons (Fsp3) is 0.353.